The number of carbonyl (C=O) groups is 3. The molecule has 0 saturated carbocycles. The molecule has 2 aromatic carbocycles. The highest BCUT2D eigenvalue weighted by Gasteiger charge is 2.32. The van der Waals surface area contributed by atoms with E-state index in [4.69, 9.17) is 26.4 Å². The SMILES string of the molecule is NC(CCSSC(CC(N)C(=O)O)C(=O)OCC1c2ccccc2-c2ccccc21)C(=O)O. The van der Waals surface area contributed by atoms with Gasteiger partial charge in [0.05, 0.1) is 0 Å². The van der Waals surface area contributed by atoms with Gasteiger partial charge in [-0.05, 0) is 35.1 Å². The summed E-state index contributed by atoms with van der Waals surface area (Å²) in [6, 6.07) is 13.7. The molecule has 6 N–H and O–H groups in total. The van der Waals surface area contributed by atoms with E-state index >= 15 is 0 Å². The van der Waals surface area contributed by atoms with Gasteiger partial charge in [-0.25, -0.2) is 0 Å². The Labute approximate surface area is 199 Å². The van der Waals surface area contributed by atoms with Crippen LogP contribution in [0.25, 0.3) is 11.1 Å². The molecule has 8 nitrogen and oxygen atoms in total. The summed E-state index contributed by atoms with van der Waals surface area (Å²) in [7, 11) is 2.38. The summed E-state index contributed by atoms with van der Waals surface area (Å²) in [6.07, 6.45) is 0.115. The van der Waals surface area contributed by atoms with Gasteiger partial charge in [-0.3, -0.25) is 14.4 Å². The van der Waals surface area contributed by atoms with E-state index in [9.17, 15) is 14.4 Å². The second-order valence-corrected chi connectivity index (χ2v) is 10.4. The van der Waals surface area contributed by atoms with Crippen molar-refractivity contribution in [3.05, 3.63) is 59.7 Å². The summed E-state index contributed by atoms with van der Waals surface area (Å²) in [4.78, 5) is 35.0. The molecule has 0 heterocycles. The summed E-state index contributed by atoms with van der Waals surface area (Å²) < 4.78 is 5.66. The van der Waals surface area contributed by atoms with Crippen LogP contribution in [0.5, 0.6) is 0 Å². The lowest BCUT2D eigenvalue weighted by atomic mass is 9.98. The number of fused-ring (bicyclic) bond motifs is 3. The first-order valence-corrected chi connectivity index (χ1v) is 12.8. The van der Waals surface area contributed by atoms with E-state index in [2.05, 4.69) is 0 Å². The van der Waals surface area contributed by atoms with Crippen molar-refractivity contribution in [2.24, 2.45) is 11.5 Å². The molecule has 10 heteroatoms. The van der Waals surface area contributed by atoms with E-state index in [1.54, 1.807) is 0 Å². The Bertz CT molecular complexity index is 972. The second kappa shape index (κ2) is 11.6. The number of rotatable bonds is 12. The maximum absolute atomic E-state index is 12.9. The minimum Gasteiger partial charge on any atom is -0.480 e. The first-order chi connectivity index (χ1) is 15.8. The summed E-state index contributed by atoms with van der Waals surface area (Å²) in [5.41, 5.74) is 15.5. The number of carbonyl (C=O) groups excluding carboxylic acids is 1. The number of carboxylic acids is 2. The van der Waals surface area contributed by atoms with Crippen LogP contribution in [0.2, 0.25) is 0 Å². The third kappa shape index (κ3) is 6.29. The van der Waals surface area contributed by atoms with E-state index in [1.165, 1.54) is 10.8 Å². The van der Waals surface area contributed by atoms with Gasteiger partial charge in [0.15, 0.2) is 0 Å². The predicted molar refractivity (Wildman–Crippen MR) is 129 cm³/mol. The van der Waals surface area contributed by atoms with Crippen molar-refractivity contribution in [2.45, 2.75) is 36.1 Å². The van der Waals surface area contributed by atoms with Crippen molar-refractivity contribution in [2.75, 3.05) is 12.4 Å². The minimum absolute atomic E-state index is 0.103. The van der Waals surface area contributed by atoms with Crippen LogP contribution < -0.4 is 11.5 Å². The fourth-order valence-corrected chi connectivity index (χ4v) is 6.22. The topological polar surface area (TPSA) is 153 Å². The highest BCUT2D eigenvalue weighted by molar-refractivity contribution is 8.77. The number of hydrogen-bond donors (Lipinski definition) is 4. The molecule has 0 spiro atoms. The number of carboxylic acid groups (broad SMARTS) is 2. The zero-order chi connectivity index (χ0) is 24.0. The lowest BCUT2D eigenvalue weighted by Gasteiger charge is -2.19. The Balaban J connectivity index is 1.65. The lowest BCUT2D eigenvalue weighted by Crippen LogP contribution is -2.36. The highest BCUT2D eigenvalue weighted by Crippen LogP contribution is 2.44. The van der Waals surface area contributed by atoms with Crippen LogP contribution in [0.1, 0.15) is 29.9 Å². The van der Waals surface area contributed by atoms with Crippen LogP contribution >= 0.6 is 21.6 Å². The fourth-order valence-electron chi connectivity index (χ4n) is 3.63. The first kappa shape index (κ1) is 25.1. The Morgan fingerprint density at radius 3 is 2.00 bits per heavy atom. The van der Waals surface area contributed by atoms with Crippen LogP contribution in [0, 0.1) is 0 Å². The summed E-state index contributed by atoms with van der Waals surface area (Å²) in [6.45, 7) is 0.126. The van der Waals surface area contributed by atoms with Crippen molar-refractivity contribution < 1.29 is 29.3 Å². The van der Waals surface area contributed by atoms with Gasteiger partial charge >= 0.3 is 17.9 Å². The maximum atomic E-state index is 12.9. The van der Waals surface area contributed by atoms with E-state index in [1.807, 2.05) is 48.5 Å². The van der Waals surface area contributed by atoms with Crippen LogP contribution in [0.3, 0.4) is 0 Å². The Hall–Kier alpha value is -2.53. The average Bonchev–Trinajstić information content (AvgIpc) is 3.12. The Morgan fingerprint density at radius 2 is 1.45 bits per heavy atom. The molecule has 0 saturated heterocycles. The molecule has 176 valence electrons. The van der Waals surface area contributed by atoms with Crippen LogP contribution in [0.4, 0.5) is 0 Å². The third-order valence-corrected chi connectivity index (χ3v) is 8.18. The zero-order valence-electron chi connectivity index (χ0n) is 17.8. The molecule has 3 rings (SSSR count). The predicted octanol–water partition coefficient (Wildman–Crippen LogP) is 2.70. The molecule has 33 heavy (non-hydrogen) atoms. The summed E-state index contributed by atoms with van der Waals surface area (Å²) >= 11 is 0. The van der Waals surface area contributed by atoms with E-state index in [-0.39, 0.29) is 25.4 Å². The molecule has 2 aromatic rings. The second-order valence-electron chi connectivity index (χ2n) is 7.68. The molecule has 3 atom stereocenters. The van der Waals surface area contributed by atoms with E-state index in [0.717, 1.165) is 33.0 Å². The van der Waals surface area contributed by atoms with Gasteiger partial charge in [0.1, 0.15) is 23.9 Å². The molecule has 1 aliphatic rings. The lowest BCUT2D eigenvalue weighted by molar-refractivity contribution is -0.144. The zero-order valence-corrected chi connectivity index (χ0v) is 19.4. The molecular weight excluding hydrogens is 464 g/mol. The number of hydrogen-bond acceptors (Lipinski definition) is 8. The maximum Gasteiger partial charge on any atom is 0.320 e. The molecule has 3 unspecified atom stereocenters. The molecule has 0 bridgehead atoms. The third-order valence-electron chi connectivity index (χ3n) is 5.42. The van der Waals surface area contributed by atoms with Crippen molar-refractivity contribution in [1.29, 1.82) is 0 Å². The number of aliphatic carboxylic acids is 2. The molecule has 1 aliphatic carbocycles. The van der Waals surface area contributed by atoms with Crippen molar-refractivity contribution >= 4 is 39.5 Å². The van der Waals surface area contributed by atoms with Gasteiger partial charge in [0.2, 0.25) is 0 Å². The minimum atomic E-state index is -1.22. The van der Waals surface area contributed by atoms with Crippen LogP contribution in [-0.4, -0.2) is 57.8 Å². The van der Waals surface area contributed by atoms with Gasteiger partial charge < -0.3 is 26.4 Å². The molecule has 0 radical (unpaired) electrons. The van der Waals surface area contributed by atoms with Crippen molar-refractivity contribution in [3.63, 3.8) is 0 Å². The summed E-state index contributed by atoms with van der Waals surface area (Å²) in [5, 5.41) is 17.2. The smallest absolute Gasteiger partial charge is 0.320 e. The van der Waals surface area contributed by atoms with Gasteiger partial charge in [-0.2, -0.15) is 0 Å². The van der Waals surface area contributed by atoms with Gasteiger partial charge in [-0.15, -0.1) is 0 Å². The molecular formula is C23H26N2O6S2. The fraction of sp³-hybridized carbons (Fsp3) is 0.348. The highest BCUT2D eigenvalue weighted by atomic mass is 33.1. The number of nitrogens with two attached hydrogens (primary N) is 2. The number of benzene rings is 2. The quantitative estimate of drug-likeness (QED) is 0.198. The Kier molecular flexibility index (Phi) is 8.79. The normalized spacial score (nSPS) is 15.2. The molecule has 0 fully saturated rings. The van der Waals surface area contributed by atoms with Crippen LogP contribution in [-0.2, 0) is 19.1 Å². The summed E-state index contributed by atoms with van der Waals surface area (Å²) in [5.74, 6) is -2.57. The van der Waals surface area contributed by atoms with Crippen LogP contribution in [0.15, 0.2) is 48.5 Å². The number of ether oxygens (including phenoxy) is 1. The van der Waals surface area contributed by atoms with Crippen molar-refractivity contribution in [3.8, 4) is 11.1 Å². The average molecular weight is 491 g/mol. The largest absolute Gasteiger partial charge is 0.480 e. The van der Waals surface area contributed by atoms with Gasteiger partial charge in [-0.1, -0.05) is 70.1 Å². The number of esters is 1. The molecule has 0 aliphatic heterocycles. The van der Waals surface area contributed by atoms with Gasteiger partial charge in [0.25, 0.3) is 0 Å². The van der Waals surface area contributed by atoms with E-state index < -0.39 is 35.2 Å². The standard InChI is InChI=1S/C23H26N2O6S2/c24-18(21(26)27)9-10-32-33-20(11-19(25)22(28)29)23(30)31-12-17-15-7-3-1-5-13(15)14-6-2-4-8-16(14)17/h1-8,17-20H,9-12,24-25H2,(H,26,27)(H,28,29). The molecule has 0 amide bonds. The monoisotopic (exact) mass is 490 g/mol. The van der Waals surface area contributed by atoms with Crippen molar-refractivity contribution in [1.82, 2.24) is 0 Å². The van der Waals surface area contributed by atoms with E-state index in [0.29, 0.717) is 5.75 Å². The first-order valence-electron chi connectivity index (χ1n) is 10.4. The van der Waals surface area contributed by atoms with Gasteiger partial charge in [0, 0.05) is 11.7 Å². The Morgan fingerprint density at radius 1 is 0.909 bits per heavy atom. The molecule has 0 aromatic heterocycles.